The first-order chi connectivity index (χ1) is 11.4. The number of carbonyl (C=O) groups excluding carboxylic acids is 1. The molecule has 0 aliphatic heterocycles. The maximum Gasteiger partial charge on any atom is 0.337 e. The van der Waals surface area contributed by atoms with Crippen LogP contribution in [0.4, 0.5) is 10.5 Å². The second-order valence-corrected chi connectivity index (χ2v) is 7.24. The van der Waals surface area contributed by atoms with E-state index < -0.39 is 5.97 Å². The molecule has 0 heterocycles. The van der Waals surface area contributed by atoms with Gasteiger partial charge in [-0.25, -0.2) is 4.79 Å². The van der Waals surface area contributed by atoms with Crippen molar-refractivity contribution in [3.63, 3.8) is 0 Å². The van der Waals surface area contributed by atoms with Crippen molar-refractivity contribution < 1.29 is 14.7 Å². The van der Waals surface area contributed by atoms with Crippen LogP contribution >= 0.6 is 23.4 Å². The fraction of sp³-hybridized carbons (Fsp3) is 0.556. The molecule has 136 valence electrons. The van der Waals surface area contributed by atoms with Crippen LogP contribution < -0.4 is 5.73 Å². The molecule has 0 unspecified atom stereocenters. The molecule has 0 aliphatic carbocycles. The lowest BCUT2D eigenvalue weighted by atomic mass is 10.1. The number of thioether (sulfide) groups is 1. The van der Waals surface area contributed by atoms with Gasteiger partial charge in [0.2, 0.25) is 0 Å². The van der Waals surface area contributed by atoms with Crippen molar-refractivity contribution in [1.29, 1.82) is 0 Å². The Hall–Kier alpha value is -1.20. The molecule has 0 saturated heterocycles. The predicted octanol–water partition coefficient (Wildman–Crippen LogP) is 6.10. The van der Waals surface area contributed by atoms with Gasteiger partial charge in [-0.2, -0.15) is 0 Å². The molecule has 0 atom stereocenters. The van der Waals surface area contributed by atoms with E-state index in [9.17, 15) is 9.59 Å². The fourth-order valence-corrected chi connectivity index (χ4v) is 2.83. The Kier molecular flexibility index (Phi) is 13.5. The van der Waals surface area contributed by atoms with Crippen LogP contribution in [0, 0.1) is 6.92 Å². The van der Waals surface area contributed by atoms with Gasteiger partial charge in [0.05, 0.1) is 5.56 Å². The summed E-state index contributed by atoms with van der Waals surface area (Å²) in [6, 6.07) is 4.87. The number of nitrogens with two attached hydrogens (primary N) is 1. The molecule has 3 N–H and O–H groups in total. The Bertz CT molecular complexity index is 509. The van der Waals surface area contributed by atoms with Gasteiger partial charge in [0, 0.05) is 11.4 Å². The maximum atomic E-state index is 10.5. The highest BCUT2D eigenvalue weighted by Gasteiger charge is 2.05. The van der Waals surface area contributed by atoms with Crippen LogP contribution in [0.3, 0.4) is 0 Å². The second kappa shape index (κ2) is 14.2. The molecule has 1 rings (SSSR count). The van der Waals surface area contributed by atoms with Crippen LogP contribution in [-0.4, -0.2) is 21.4 Å². The Labute approximate surface area is 154 Å². The van der Waals surface area contributed by atoms with Gasteiger partial charge in [-0.15, -0.1) is 0 Å². The minimum Gasteiger partial charge on any atom is -0.478 e. The predicted molar refractivity (Wildman–Crippen MR) is 104 cm³/mol. The molecule has 0 aliphatic rings. The van der Waals surface area contributed by atoms with Crippen molar-refractivity contribution in [3.8, 4) is 0 Å². The summed E-state index contributed by atoms with van der Waals surface area (Å²) in [5.74, 6) is -0.0988. The molecule has 24 heavy (non-hydrogen) atoms. The molecule has 6 heteroatoms. The summed E-state index contributed by atoms with van der Waals surface area (Å²) in [6.07, 6.45) is 9.02. The second-order valence-electron chi connectivity index (χ2n) is 5.60. The van der Waals surface area contributed by atoms with Gasteiger partial charge in [0.15, 0.2) is 0 Å². The number of carboxylic acids is 1. The van der Waals surface area contributed by atoms with Crippen LogP contribution in [0.25, 0.3) is 0 Å². The van der Waals surface area contributed by atoms with E-state index in [0.717, 1.165) is 17.7 Å². The van der Waals surface area contributed by atoms with Gasteiger partial charge >= 0.3 is 5.97 Å². The first-order valence-electron chi connectivity index (χ1n) is 8.30. The van der Waals surface area contributed by atoms with Crippen LogP contribution in [-0.2, 0) is 0 Å². The van der Waals surface area contributed by atoms with E-state index in [2.05, 4.69) is 6.92 Å². The number of aryl methyl sites for hydroxylation is 1. The number of rotatable bonds is 9. The largest absolute Gasteiger partial charge is 0.478 e. The average molecular weight is 374 g/mol. The maximum absolute atomic E-state index is 10.5. The Morgan fingerprint density at radius 1 is 1.12 bits per heavy atom. The third-order valence-electron chi connectivity index (χ3n) is 3.40. The lowest BCUT2D eigenvalue weighted by Crippen LogP contribution is -2.01. The smallest absolute Gasteiger partial charge is 0.337 e. The van der Waals surface area contributed by atoms with Crippen LogP contribution in [0.15, 0.2) is 18.2 Å². The quantitative estimate of drug-likeness (QED) is 0.310. The topological polar surface area (TPSA) is 80.4 Å². The monoisotopic (exact) mass is 373 g/mol. The first kappa shape index (κ1) is 22.8. The number of benzene rings is 1. The standard InChI is InChI=1S/C10H19ClOS.C8H9NO2/c1-2-3-4-5-6-7-8-9-13-10(11)12;1-5-2-3-6(8(10)11)7(9)4-5/h2-9H2,1H3;2-4H,9H2,1H3,(H,10,11). The number of unbranched alkanes of at least 4 members (excludes halogenated alkanes) is 6. The summed E-state index contributed by atoms with van der Waals surface area (Å²) in [5, 5.41) is 8.58. The van der Waals surface area contributed by atoms with Crippen LogP contribution in [0.5, 0.6) is 0 Å². The lowest BCUT2D eigenvalue weighted by Gasteiger charge is -2.00. The highest BCUT2D eigenvalue weighted by atomic mass is 35.5. The highest BCUT2D eigenvalue weighted by molar-refractivity contribution is 8.16. The normalized spacial score (nSPS) is 9.96. The van der Waals surface area contributed by atoms with E-state index in [0.29, 0.717) is 5.69 Å². The summed E-state index contributed by atoms with van der Waals surface area (Å²) in [5.41, 5.74) is 6.89. The average Bonchev–Trinajstić information content (AvgIpc) is 2.50. The van der Waals surface area contributed by atoms with E-state index in [1.165, 1.54) is 56.4 Å². The molecule has 0 fully saturated rings. The number of aromatic carboxylic acids is 1. The van der Waals surface area contributed by atoms with Crippen molar-refractivity contribution >= 4 is 39.6 Å². The summed E-state index contributed by atoms with van der Waals surface area (Å²) in [7, 11) is 0. The molecule has 0 aromatic heterocycles. The van der Waals surface area contributed by atoms with Crippen molar-refractivity contribution in [2.45, 2.75) is 58.8 Å². The molecular formula is C18H28ClNO3S. The van der Waals surface area contributed by atoms with Crippen LogP contribution in [0.1, 0.15) is 67.8 Å². The van der Waals surface area contributed by atoms with Crippen molar-refractivity contribution in [3.05, 3.63) is 29.3 Å². The van der Waals surface area contributed by atoms with Gasteiger partial charge in [-0.3, -0.25) is 4.79 Å². The molecular weight excluding hydrogens is 346 g/mol. The number of hydrogen-bond acceptors (Lipinski definition) is 4. The van der Waals surface area contributed by atoms with E-state index in [4.69, 9.17) is 22.4 Å². The summed E-state index contributed by atoms with van der Waals surface area (Å²) >= 11 is 6.41. The van der Waals surface area contributed by atoms with Gasteiger partial charge < -0.3 is 10.8 Å². The summed E-state index contributed by atoms with van der Waals surface area (Å²) in [6.45, 7) is 4.09. The number of carboxylic acid groups (broad SMARTS) is 1. The molecule has 0 radical (unpaired) electrons. The van der Waals surface area contributed by atoms with Crippen molar-refractivity contribution in [2.75, 3.05) is 11.5 Å². The molecule has 0 spiro atoms. The SMILES string of the molecule is CCCCCCCCCSC(=O)Cl.Cc1ccc(C(=O)O)c(N)c1. The third-order valence-corrected chi connectivity index (χ3v) is 4.45. The number of anilines is 1. The minimum atomic E-state index is -0.984. The molecule has 4 nitrogen and oxygen atoms in total. The number of halogens is 1. The Balaban J connectivity index is 0.000000446. The van der Waals surface area contributed by atoms with Gasteiger partial charge in [-0.05, 0) is 42.6 Å². The van der Waals surface area contributed by atoms with E-state index >= 15 is 0 Å². The summed E-state index contributed by atoms with van der Waals surface area (Å²) in [4.78, 5) is 20.8. The van der Waals surface area contributed by atoms with E-state index in [1.807, 2.05) is 6.92 Å². The van der Waals surface area contributed by atoms with Gasteiger partial charge in [0.25, 0.3) is 4.57 Å². The Morgan fingerprint density at radius 3 is 2.21 bits per heavy atom. The molecule has 1 aromatic rings. The lowest BCUT2D eigenvalue weighted by molar-refractivity contribution is 0.0698. The van der Waals surface area contributed by atoms with E-state index in [1.54, 1.807) is 12.1 Å². The van der Waals surface area contributed by atoms with E-state index in [-0.39, 0.29) is 10.1 Å². The number of carbonyl (C=O) groups is 2. The van der Waals surface area contributed by atoms with Gasteiger partial charge in [-0.1, -0.05) is 63.3 Å². The zero-order valence-corrected chi connectivity index (χ0v) is 16.1. The molecule has 0 bridgehead atoms. The molecule has 0 amide bonds. The van der Waals surface area contributed by atoms with Gasteiger partial charge in [0.1, 0.15) is 0 Å². The zero-order valence-electron chi connectivity index (χ0n) is 14.5. The number of nitrogen functional groups attached to an aromatic ring is 1. The fourth-order valence-electron chi connectivity index (χ4n) is 2.09. The van der Waals surface area contributed by atoms with Crippen LogP contribution in [0.2, 0.25) is 0 Å². The molecule has 1 aromatic carbocycles. The Morgan fingerprint density at radius 2 is 1.71 bits per heavy atom. The first-order valence-corrected chi connectivity index (χ1v) is 9.66. The highest BCUT2D eigenvalue weighted by Crippen LogP contribution is 2.13. The van der Waals surface area contributed by atoms with Crippen molar-refractivity contribution in [2.24, 2.45) is 0 Å². The minimum absolute atomic E-state index is 0.163. The number of hydrogen-bond donors (Lipinski definition) is 2. The molecule has 0 saturated carbocycles. The zero-order chi connectivity index (χ0) is 18.4. The third kappa shape index (κ3) is 12.3. The van der Waals surface area contributed by atoms with Crippen molar-refractivity contribution in [1.82, 2.24) is 0 Å². The summed E-state index contributed by atoms with van der Waals surface area (Å²) < 4.78 is -0.272.